The molecule has 0 spiro atoms. The minimum Gasteiger partial charge on any atom is -0.327 e. The largest absolute Gasteiger partial charge is 0.327 e. The first-order valence-corrected chi connectivity index (χ1v) is 10.2. The Morgan fingerprint density at radius 2 is 2.11 bits per heavy atom. The van der Waals surface area contributed by atoms with Gasteiger partial charge in [0.05, 0.1) is 12.1 Å². The molecule has 0 saturated heterocycles. The Kier molecular flexibility index (Phi) is 8.75. The van der Waals surface area contributed by atoms with E-state index in [1.165, 1.54) is 31.8 Å². The van der Waals surface area contributed by atoms with Crippen LogP contribution in [0.1, 0.15) is 52.9 Å². The van der Waals surface area contributed by atoms with E-state index in [0.29, 0.717) is 12.1 Å². The normalized spacial score (nSPS) is 21.6. The number of hydrogen-bond donors (Lipinski definition) is 2. The lowest BCUT2D eigenvalue weighted by molar-refractivity contribution is -0.124. The second-order valence-corrected chi connectivity index (χ2v) is 7.19. The van der Waals surface area contributed by atoms with Gasteiger partial charge in [0.2, 0.25) is 0 Å². The number of nitrogens with zero attached hydrogens (tertiary/aromatic N) is 3. The van der Waals surface area contributed by atoms with Crippen molar-refractivity contribution in [1.29, 1.82) is 0 Å². The lowest BCUT2D eigenvalue weighted by Gasteiger charge is -2.33. The number of fused-ring (bicyclic) bond motifs is 1. The molecule has 6 heteroatoms. The number of nitrogens with one attached hydrogen (secondary N) is 1. The van der Waals surface area contributed by atoms with Gasteiger partial charge in [-0.3, -0.25) is 15.0 Å². The third-order valence-corrected chi connectivity index (χ3v) is 5.20. The van der Waals surface area contributed by atoms with Crippen molar-refractivity contribution in [3.8, 4) is 0 Å². The maximum Gasteiger partial charge on any atom is 0.267 e. The predicted octanol–water partition coefficient (Wildman–Crippen LogP) is 3.27. The summed E-state index contributed by atoms with van der Waals surface area (Å²) in [4.78, 5) is 21.0. The lowest BCUT2D eigenvalue weighted by atomic mass is 10.0. The highest BCUT2D eigenvalue weighted by Gasteiger charge is 2.35. The molecule has 2 rings (SSSR count). The van der Waals surface area contributed by atoms with E-state index in [1.807, 2.05) is 12.2 Å². The molecule has 0 fully saturated rings. The summed E-state index contributed by atoms with van der Waals surface area (Å²) in [5.74, 6) is 0.438. The first-order valence-electron chi connectivity index (χ1n) is 10.2. The molecule has 0 aromatic carbocycles. The number of amidine groups is 1. The smallest absolute Gasteiger partial charge is 0.267 e. The van der Waals surface area contributed by atoms with Gasteiger partial charge in [-0.05, 0) is 49.7 Å². The highest BCUT2D eigenvalue weighted by Crippen LogP contribution is 2.27. The number of hydrogen-bond acceptors (Lipinski definition) is 5. The van der Waals surface area contributed by atoms with E-state index in [-0.39, 0.29) is 0 Å². The third-order valence-electron chi connectivity index (χ3n) is 5.20. The standard InChI is InChI=1S/C21H34N4O2/c1-4-7-9-18-19(16-24(6-3)13-8-5-2)25-14-12-17(15-20(25)22-18)10-11-21(26)23-27/h10-12,14-15,18-19,27H,4-9,13,16H2,1-3H3,(H,23,26)/b11-10+. The Labute approximate surface area is 163 Å². The van der Waals surface area contributed by atoms with Gasteiger partial charge < -0.3 is 9.80 Å². The Balaban J connectivity index is 2.13. The Morgan fingerprint density at radius 1 is 1.33 bits per heavy atom. The van der Waals surface area contributed by atoms with Crippen LogP contribution in [0.3, 0.4) is 0 Å². The molecular formula is C21H34N4O2. The fourth-order valence-electron chi connectivity index (χ4n) is 3.56. The van der Waals surface area contributed by atoms with E-state index in [0.717, 1.165) is 37.5 Å². The number of carbonyl (C=O) groups excluding carboxylic acids is 1. The van der Waals surface area contributed by atoms with Crippen molar-refractivity contribution in [2.24, 2.45) is 4.99 Å². The van der Waals surface area contributed by atoms with Crippen LogP contribution >= 0.6 is 0 Å². The first kappa shape index (κ1) is 21.4. The molecule has 2 aliphatic rings. The molecule has 27 heavy (non-hydrogen) atoms. The van der Waals surface area contributed by atoms with E-state index in [4.69, 9.17) is 10.2 Å². The van der Waals surface area contributed by atoms with Gasteiger partial charge in [0, 0.05) is 18.8 Å². The minimum absolute atomic E-state index is 0.306. The maximum absolute atomic E-state index is 11.2. The molecule has 0 aliphatic carbocycles. The molecule has 0 saturated carbocycles. The number of rotatable bonds is 11. The van der Waals surface area contributed by atoms with Gasteiger partial charge in [-0.1, -0.05) is 40.0 Å². The van der Waals surface area contributed by atoms with E-state index in [1.54, 1.807) is 11.6 Å². The van der Waals surface area contributed by atoms with Crippen molar-refractivity contribution >= 4 is 11.7 Å². The predicted molar refractivity (Wildman–Crippen MR) is 110 cm³/mol. The molecule has 2 heterocycles. The Hall–Kier alpha value is -1.92. The molecule has 2 atom stereocenters. The van der Waals surface area contributed by atoms with Crippen molar-refractivity contribution in [2.45, 2.75) is 65.0 Å². The van der Waals surface area contributed by atoms with Gasteiger partial charge in [-0.15, -0.1) is 0 Å². The summed E-state index contributed by atoms with van der Waals surface area (Å²) in [5.41, 5.74) is 2.51. The number of aliphatic imine (C=N–C) groups is 1. The third kappa shape index (κ3) is 6.04. The summed E-state index contributed by atoms with van der Waals surface area (Å²) in [6, 6.07) is 0.669. The van der Waals surface area contributed by atoms with Crippen LogP contribution in [0, 0.1) is 0 Å². The van der Waals surface area contributed by atoms with Gasteiger partial charge in [0.1, 0.15) is 5.84 Å². The molecule has 0 aromatic rings. The summed E-state index contributed by atoms with van der Waals surface area (Å²) >= 11 is 0. The number of unbranched alkanes of at least 4 members (excludes halogenated alkanes) is 2. The van der Waals surface area contributed by atoms with Crippen molar-refractivity contribution in [3.05, 3.63) is 36.1 Å². The Bertz CT molecular complexity index is 609. The topological polar surface area (TPSA) is 68.2 Å². The van der Waals surface area contributed by atoms with Crippen molar-refractivity contribution in [3.63, 3.8) is 0 Å². The van der Waals surface area contributed by atoms with Crippen LogP contribution in [0.5, 0.6) is 0 Å². The van der Waals surface area contributed by atoms with E-state index < -0.39 is 5.91 Å². The molecule has 0 aromatic heterocycles. The summed E-state index contributed by atoms with van der Waals surface area (Å²) in [6.07, 6.45) is 15.0. The van der Waals surface area contributed by atoms with Crippen LogP contribution in [0.2, 0.25) is 0 Å². The van der Waals surface area contributed by atoms with Crippen LogP contribution in [0.4, 0.5) is 0 Å². The van der Waals surface area contributed by atoms with Gasteiger partial charge >= 0.3 is 0 Å². The zero-order valence-corrected chi connectivity index (χ0v) is 16.9. The Morgan fingerprint density at radius 3 is 2.78 bits per heavy atom. The van der Waals surface area contributed by atoms with Crippen LogP contribution < -0.4 is 5.48 Å². The zero-order valence-electron chi connectivity index (χ0n) is 16.9. The number of amides is 1. The van der Waals surface area contributed by atoms with Gasteiger partial charge in [-0.2, -0.15) is 0 Å². The SMILES string of the molecule is CCCCC1N=C2C=C(/C=C/C(=O)NO)C=CN2C1CN(CC)CCCC. The second-order valence-electron chi connectivity index (χ2n) is 7.19. The monoisotopic (exact) mass is 374 g/mol. The molecule has 2 aliphatic heterocycles. The lowest BCUT2D eigenvalue weighted by Crippen LogP contribution is -2.45. The highest BCUT2D eigenvalue weighted by molar-refractivity contribution is 5.98. The molecule has 2 N–H and O–H groups in total. The average Bonchev–Trinajstić information content (AvgIpc) is 3.03. The quantitative estimate of drug-likeness (QED) is 0.331. The maximum atomic E-state index is 11.2. The first-order chi connectivity index (χ1) is 13.1. The van der Waals surface area contributed by atoms with Crippen LogP contribution in [-0.2, 0) is 4.79 Å². The van der Waals surface area contributed by atoms with Crippen molar-refractivity contribution in [2.75, 3.05) is 19.6 Å². The molecule has 1 amide bonds. The number of hydroxylamine groups is 1. The molecule has 0 bridgehead atoms. The number of likely N-dealkylation sites (N-methyl/N-ethyl adjacent to an activating group) is 1. The number of carbonyl (C=O) groups is 1. The molecule has 0 radical (unpaired) electrons. The summed E-state index contributed by atoms with van der Waals surface area (Å²) in [7, 11) is 0. The van der Waals surface area contributed by atoms with E-state index in [2.05, 4.69) is 36.8 Å². The second kappa shape index (κ2) is 11.0. The van der Waals surface area contributed by atoms with Crippen LogP contribution in [0.25, 0.3) is 0 Å². The van der Waals surface area contributed by atoms with Gasteiger partial charge in [-0.25, -0.2) is 5.48 Å². The fourth-order valence-corrected chi connectivity index (χ4v) is 3.56. The van der Waals surface area contributed by atoms with E-state index >= 15 is 0 Å². The van der Waals surface area contributed by atoms with Crippen LogP contribution in [-0.4, -0.2) is 58.5 Å². The number of allylic oxidation sites excluding steroid dienone is 3. The summed E-state index contributed by atoms with van der Waals surface area (Å²) in [6.45, 7) is 9.90. The van der Waals surface area contributed by atoms with E-state index in [9.17, 15) is 4.79 Å². The molecule has 6 nitrogen and oxygen atoms in total. The average molecular weight is 375 g/mol. The minimum atomic E-state index is -0.534. The zero-order chi connectivity index (χ0) is 19.6. The van der Waals surface area contributed by atoms with Crippen LogP contribution in [0.15, 0.2) is 41.1 Å². The highest BCUT2D eigenvalue weighted by atomic mass is 16.5. The molecular weight excluding hydrogens is 340 g/mol. The fraction of sp³-hybridized carbons (Fsp3) is 0.619. The van der Waals surface area contributed by atoms with Crippen molar-refractivity contribution in [1.82, 2.24) is 15.3 Å². The van der Waals surface area contributed by atoms with Crippen molar-refractivity contribution < 1.29 is 10.0 Å². The molecule has 150 valence electrons. The molecule has 2 unspecified atom stereocenters. The van der Waals surface area contributed by atoms with Gasteiger partial charge in [0.25, 0.3) is 5.91 Å². The summed E-state index contributed by atoms with van der Waals surface area (Å²) in [5, 5.41) is 8.61. The van der Waals surface area contributed by atoms with Gasteiger partial charge in [0.15, 0.2) is 0 Å². The summed E-state index contributed by atoms with van der Waals surface area (Å²) < 4.78 is 0.